The predicted molar refractivity (Wildman–Crippen MR) is 42.0 cm³/mol. The van der Waals surface area contributed by atoms with Crippen molar-refractivity contribution in [3.63, 3.8) is 0 Å². The molecule has 0 spiro atoms. The summed E-state index contributed by atoms with van der Waals surface area (Å²) in [5.41, 5.74) is 0. The zero-order valence-electron chi connectivity index (χ0n) is 4.07. The third-order valence-electron chi connectivity index (χ3n) is 0.789. The van der Waals surface area contributed by atoms with Gasteiger partial charge >= 0.3 is 0 Å². The molecule has 44 valence electrons. The van der Waals surface area contributed by atoms with Crippen molar-refractivity contribution in [2.75, 3.05) is 0 Å². The molecule has 0 aromatic carbocycles. The topological polar surface area (TPSA) is 12.0 Å². The van der Waals surface area contributed by atoms with E-state index in [4.69, 9.17) is 0 Å². The standard InChI is InChI=1S/C5H5Br2N/c6-5(7)3-1-2-4-8-5/h1-4,8H. The SMILES string of the molecule is BrC1(Br)C=CC=CN1. The summed E-state index contributed by atoms with van der Waals surface area (Å²) in [5.74, 6) is 0. The molecule has 1 aliphatic heterocycles. The highest BCUT2D eigenvalue weighted by atomic mass is 79.9. The zero-order chi connectivity index (χ0) is 6.04. The van der Waals surface area contributed by atoms with E-state index in [1.54, 1.807) is 0 Å². The lowest BCUT2D eigenvalue weighted by molar-refractivity contribution is 0.886. The molecular formula is C5H5Br2N. The lowest BCUT2D eigenvalue weighted by Crippen LogP contribution is -2.26. The summed E-state index contributed by atoms with van der Waals surface area (Å²) in [6, 6.07) is 0. The van der Waals surface area contributed by atoms with E-state index in [2.05, 4.69) is 37.2 Å². The maximum Gasteiger partial charge on any atom is 0.167 e. The fourth-order valence-electron chi connectivity index (χ4n) is 0.439. The molecule has 0 saturated heterocycles. The van der Waals surface area contributed by atoms with Gasteiger partial charge in [-0.3, -0.25) is 0 Å². The summed E-state index contributed by atoms with van der Waals surface area (Å²) in [6.07, 6.45) is 7.72. The molecule has 0 radical (unpaired) electrons. The highest BCUT2D eigenvalue weighted by Gasteiger charge is 2.15. The van der Waals surface area contributed by atoms with Gasteiger partial charge in [0.05, 0.1) is 0 Å². The van der Waals surface area contributed by atoms with E-state index in [0.717, 1.165) is 0 Å². The summed E-state index contributed by atoms with van der Waals surface area (Å²) >= 11 is 6.72. The van der Waals surface area contributed by atoms with E-state index in [1.165, 1.54) is 0 Å². The smallest absolute Gasteiger partial charge is 0.167 e. The van der Waals surface area contributed by atoms with Crippen molar-refractivity contribution >= 4 is 31.9 Å². The number of nitrogens with one attached hydrogen (secondary N) is 1. The molecule has 1 rings (SSSR count). The Morgan fingerprint density at radius 2 is 2.00 bits per heavy atom. The third kappa shape index (κ3) is 1.63. The van der Waals surface area contributed by atoms with Crippen molar-refractivity contribution in [2.24, 2.45) is 0 Å². The second kappa shape index (κ2) is 2.23. The summed E-state index contributed by atoms with van der Waals surface area (Å²) in [4.78, 5) is 0. The van der Waals surface area contributed by atoms with Crippen LogP contribution in [0.15, 0.2) is 24.4 Å². The van der Waals surface area contributed by atoms with Crippen LogP contribution < -0.4 is 5.32 Å². The maximum atomic E-state index is 3.36. The van der Waals surface area contributed by atoms with Crippen LogP contribution in [0.3, 0.4) is 0 Å². The molecule has 0 bridgehead atoms. The second-order valence-corrected chi connectivity index (χ2v) is 5.05. The number of hydrogen-bond acceptors (Lipinski definition) is 1. The maximum absolute atomic E-state index is 3.36. The van der Waals surface area contributed by atoms with Gasteiger partial charge in [0.15, 0.2) is 3.36 Å². The Hall–Kier alpha value is 0.240. The lowest BCUT2D eigenvalue weighted by atomic mass is 10.4. The van der Waals surface area contributed by atoms with E-state index in [0.29, 0.717) is 0 Å². The molecule has 1 N–H and O–H groups in total. The van der Waals surface area contributed by atoms with Crippen LogP contribution in [-0.4, -0.2) is 3.36 Å². The molecular weight excluding hydrogens is 234 g/mol. The first-order valence-corrected chi connectivity index (χ1v) is 3.79. The first-order chi connectivity index (χ1) is 3.71. The van der Waals surface area contributed by atoms with Gasteiger partial charge in [-0.25, -0.2) is 0 Å². The second-order valence-electron chi connectivity index (χ2n) is 1.49. The molecule has 0 unspecified atom stereocenters. The van der Waals surface area contributed by atoms with Gasteiger partial charge in [-0.15, -0.1) is 0 Å². The van der Waals surface area contributed by atoms with Gasteiger partial charge in [-0.05, 0) is 50.2 Å². The first-order valence-electron chi connectivity index (χ1n) is 2.21. The van der Waals surface area contributed by atoms with Crippen LogP contribution in [0.25, 0.3) is 0 Å². The van der Waals surface area contributed by atoms with Crippen LogP contribution in [0, 0.1) is 0 Å². The van der Waals surface area contributed by atoms with Gasteiger partial charge in [0.1, 0.15) is 0 Å². The van der Waals surface area contributed by atoms with Gasteiger partial charge in [-0.2, -0.15) is 0 Å². The van der Waals surface area contributed by atoms with E-state index in [-0.39, 0.29) is 3.36 Å². The molecule has 0 aliphatic carbocycles. The van der Waals surface area contributed by atoms with Crippen molar-refractivity contribution in [3.05, 3.63) is 24.4 Å². The minimum absolute atomic E-state index is 0.214. The molecule has 1 aliphatic rings. The molecule has 1 nitrogen and oxygen atoms in total. The monoisotopic (exact) mass is 237 g/mol. The molecule has 3 heteroatoms. The van der Waals surface area contributed by atoms with E-state index in [9.17, 15) is 0 Å². The minimum atomic E-state index is -0.214. The Balaban J connectivity index is 2.65. The summed E-state index contributed by atoms with van der Waals surface area (Å²) in [5, 5.41) is 3.02. The highest BCUT2D eigenvalue weighted by Crippen LogP contribution is 2.25. The number of dihydropyridines is 1. The minimum Gasteiger partial charge on any atom is -0.364 e. The van der Waals surface area contributed by atoms with Crippen LogP contribution in [0.2, 0.25) is 0 Å². The number of halogens is 2. The van der Waals surface area contributed by atoms with Gasteiger partial charge in [0.25, 0.3) is 0 Å². The summed E-state index contributed by atoms with van der Waals surface area (Å²) in [6.45, 7) is 0. The average Bonchev–Trinajstić information content (AvgIpc) is 1.65. The van der Waals surface area contributed by atoms with Gasteiger partial charge in [0, 0.05) is 0 Å². The molecule has 8 heavy (non-hydrogen) atoms. The van der Waals surface area contributed by atoms with E-state index < -0.39 is 0 Å². The van der Waals surface area contributed by atoms with Crippen molar-refractivity contribution in [1.29, 1.82) is 0 Å². The Kier molecular flexibility index (Phi) is 1.77. The molecule has 0 amide bonds. The Labute approximate surface area is 65.1 Å². The van der Waals surface area contributed by atoms with Crippen molar-refractivity contribution < 1.29 is 0 Å². The number of allylic oxidation sites excluding steroid dienone is 2. The normalized spacial score (nSPS) is 22.8. The van der Waals surface area contributed by atoms with Crippen LogP contribution >= 0.6 is 31.9 Å². The fraction of sp³-hybridized carbons (Fsp3) is 0.200. The molecule has 0 atom stereocenters. The molecule has 0 saturated carbocycles. The average molecular weight is 239 g/mol. The number of rotatable bonds is 0. The van der Waals surface area contributed by atoms with Gasteiger partial charge < -0.3 is 5.32 Å². The van der Waals surface area contributed by atoms with Crippen molar-refractivity contribution in [1.82, 2.24) is 5.32 Å². The van der Waals surface area contributed by atoms with Crippen molar-refractivity contribution in [2.45, 2.75) is 3.36 Å². The van der Waals surface area contributed by atoms with Gasteiger partial charge in [0.2, 0.25) is 0 Å². The quantitative estimate of drug-likeness (QED) is 0.504. The Morgan fingerprint density at radius 1 is 1.25 bits per heavy atom. The van der Waals surface area contributed by atoms with Crippen LogP contribution in [0.4, 0.5) is 0 Å². The van der Waals surface area contributed by atoms with E-state index in [1.807, 2.05) is 24.4 Å². The number of hydrogen-bond donors (Lipinski definition) is 1. The molecule has 0 aromatic rings. The Bertz CT molecular complexity index is 137. The molecule has 0 aromatic heterocycles. The highest BCUT2D eigenvalue weighted by molar-refractivity contribution is 9.25. The molecule has 1 heterocycles. The number of alkyl halides is 2. The lowest BCUT2D eigenvalue weighted by Gasteiger charge is -2.17. The largest absolute Gasteiger partial charge is 0.364 e. The zero-order valence-corrected chi connectivity index (χ0v) is 7.24. The van der Waals surface area contributed by atoms with E-state index >= 15 is 0 Å². The summed E-state index contributed by atoms with van der Waals surface area (Å²) in [7, 11) is 0. The Morgan fingerprint density at radius 3 is 2.25 bits per heavy atom. The third-order valence-corrected chi connectivity index (χ3v) is 1.78. The first kappa shape index (κ1) is 6.36. The van der Waals surface area contributed by atoms with Crippen LogP contribution in [0.1, 0.15) is 0 Å². The summed E-state index contributed by atoms with van der Waals surface area (Å²) < 4.78 is -0.214. The van der Waals surface area contributed by atoms with Crippen LogP contribution in [0.5, 0.6) is 0 Å². The predicted octanol–water partition coefficient (Wildman–Crippen LogP) is 2.10. The fourth-order valence-corrected chi connectivity index (χ4v) is 1.01. The molecule has 0 fully saturated rings. The van der Waals surface area contributed by atoms with Crippen LogP contribution in [-0.2, 0) is 0 Å². The van der Waals surface area contributed by atoms with Gasteiger partial charge in [-0.1, -0.05) is 6.08 Å². The van der Waals surface area contributed by atoms with Crippen molar-refractivity contribution in [3.8, 4) is 0 Å².